The van der Waals surface area contributed by atoms with E-state index in [1.165, 1.54) is 49.9 Å². The number of aliphatic imine (C=N–C) groups is 1. The van der Waals surface area contributed by atoms with Gasteiger partial charge in [-0.1, -0.05) is 37.1 Å². The maximum absolute atomic E-state index is 5.78. The zero-order valence-electron chi connectivity index (χ0n) is 19.4. The molecule has 1 aromatic carbocycles. The molecule has 1 unspecified atom stereocenters. The summed E-state index contributed by atoms with van der Waals surface area (Å²) in [6, 6.07) is 8.98. The van der Waals surface area contributed by atoms with Gasteiger partial charge in [-0.3, -0.25) is 4.90 Å². The van der Waals surface area contributed by atoms with Gasteiger partial charge in [-0.25, -0.2) is 4.99 Å². The van der Waals surface area contributed by atoms with Crippen LogP contribution in [0.1, 0.15) is 56.6 Å². The normalized spacial score (nSPS) is 20.5. The fraction of sp³-hybridized carbons (Fsp3) is 0.720. The summed E-state index contributed by atoms with van der Waals surface area (Å²) in [5.74, 6) is 1.46. The van der Waals surface area contributed by atoms with Crippen molar-refractivity contribution in [3.8, 4) is 0 Å². The Hall–Kier alpha value is -1.63. The summed E-state index contributed by atoms with van der Waals surface area (Å²) in [6.45, 7) is 11.4. The summed E-state index contributed by atoms with van der Waals surface area (Å²) in [5, 5.41) is 6.75. The Labute approximate surface area is 188 Å². The van der Waals surface area contributed by atoms with Crippen molar-refractivity contribution in [1.82, 2.24) is 15.5 Å². The summed E-state index contributed by atoms with van der Waals surface area (Å²) in [5.41, 5.74) is 2.66. The van der Waals surface area contributed by atoms with Crippen LogP contribution in [-0.4, -0.2) is 63.5 Å². The Kier molecular flexibility index (Phi) is 11.2. The quantitative estimate of drug-likeness (QED) is 0.319. The van der Waals surface area contributed by atoms with Crippen LogP contribution in [0.3, 0.4) is 0 Å². The molecule has 6 heteroatoms. The van der Waals surface area contributed by atoms with E-state index in [1.54, 1.807) is 0 Å². The van der Waals surface area contributed by atoms with Gasteiger partial charge in [-0.15, -0.1) is 0 Å². The number of guanidine groups is 1. The van der Waals surface area contributed by atoms with E-state index in [4.69, 9.17) is 14.5 Å². The molecule has 2 heterocycles. The van der Waals surface area contributed by atoms with E-state index < -0.39 is 0 Å². The van der Waals surface area contributed by atoms with Gasteiger partial charge in [0.1, 0.15) is 0 Å². The van der Waals surface area contributed by atoms with E-state index in [0.717, 1.165) is 64.9 Å². The van der Waals surface area contributed by atoms with Gasteiger partial charge in [-0.2, -0.15) is 0 Å². The van der Waals surface area contributed by atoms with E-state index in [1.807, 2.05) is 0 Å². The highest BCUT2D eigenvalue weighted by molar-refractivity contribution is 5.79. The van der Waals surface area contributed by atoms with Crippen LogP contribution < -0.4 is 10.6 Å². The van der Waals surface area contributed by atoms with Crippen molar-refractivity contribution in [1.29, 1.82) is 0 Å². The van der Waals surface area contributed by atoms with Gasteiger partial charge in [0.05, 0.1) is 19.8 Å². The fourth-order valence-corrected chi connectivity index (χ4v) is 4.16. The molecule has 2 N–H and O–H groups in total. The molecule has 0 amide bonds. The molecule has 2 saturated heterocycles. The molecule has 1 aromatic rings. The lowest BCUT2D eigenvalue weighted by molar-refractivity contribution is 0.0888. The van der Waals surface area contributed by atoms with Crippen LogP contribution in [0.5, 0.6) is 0 Å². The predicted molar refractivity (Wildman–Crippen MR) is 127 cm³/mol. The lowest BCUT2D eigenvalue weighted by Gasteiger charge is -2.19. The monoisotopic (exact) mass is 430 g/mol. The maximum atomic E-state index is 5.78. The van der Waals surface area contributed by atoms with Gasteiger partial charge < -0.3 is 20.1 Å². The first-order valence-electron chi connectivity index (χ1n) is 12.3. The van der Waals surface area contributed by atoms with Crippen molar-refractivity contribution in [2.45, 2.75) is 58.5 Å². The summed E-state index contributed by atoms with van der Waals surface area (Å²) in [7, 11) is 0. The van der Waals surface area contributed by atoms with Crippen molar-refractivity contribution in [3.05, 3.63) is 35.4 Å². The van der Waals surface area contributed by atoms with E-state index in [2.05, 4.69) is 46.7 Å². The first-order chi connectivity index (χ1) is 15.3. The van der Waals surface area contributed by atoms with Crippen molar-refractivity contribution in [3.63, 3.8) is 0 Å². The lowest BCUT2D eigenvalue weighted by Crippen LogP contribution is -2.38. The number of rotatable bonds is 11. The van der Waals surface area contributed by atoms with E-state index in [9.17, 15) is 0 Å². The Morgan fingerprint density at radius 2 is 1.87 bits per heavy atom. The SMILES string of the molecule is CCNC(=NCc1ccc(CN2CCCCCC2)cc1)NCCCOCC1CCOC1. The van der Waals surface area contributed by atoms with Crippen molar-refractivity contribution in [2.24, 2.45) is 10.9 Å². The standard InChI is InChI=1S/C25H42N4O2/c1-2-26-25(27-13-7-16-30-20-24-12-17-31-21-24)28-18-22-8-10-23(11-9-22)19-29-14-5-3-4-6-15-29/h8-11,24H,2-7,12-21H2,1H3,(H2,26,27,28). The van der Waals surface area contributed by atoms with Crippen molar-refractivity contribution >= 4 is 5.96 Å². The molecule has 31 heavy (non-hydrogen) atoms. The first kappa shape index (κ1) is 24.0. The lowest BCUT2D eigenvalue weighted by atomic mass is 10.1. The van der Waals surface area contributed by atoms with Crippen molar-refractivity contribution < 1.29 is 9.47 Å². The number of benzene rings is 1. The Morgan fingerprint density at radius 1 is 1.10 bits per heavy atom. The summed E-state index contributed by atoms with van der Waals surface area (Å²) in [4.78, 5) is 7.34. The molecule has 0 bridgehead atoms. The minimum Gasteiger partial charge on any atom is -0.381 e. The predicted octanol–water partition coefficient (Wildman–Crippen LogP) is 3.56. The van der Waals surface area contributed by atoms with E-state index in [0.29, 0.717) is 12.5 Å². The van der Waals surface area contributed by atoms with Crippen LogP contribution in [0.2, 0.25) is 0 Å². The minimum atomic E-state index is 0.586. The van der Waals surface area contributed by atoms with Gasteiger partial charge in [0.15, 0.2) is 5.96 Å². The molecule has 174 valence electrons. The smallest absolute Gasteiger partial charge is 0.191 e. The Bertz CT molecular complexity index is 621. The van der Waals surface area contributed by atoms with Crippen LogP contribution in [0.4, 0.5) is 0 Å². The van der Waals surface area contributed by atoms with Crippen LogP contribution >= 0.6 is 0 Å². The molecule has 1 atom stereocenters. The highest BCUT2D eigenvalue weighted by Gasteiger charge is 2.15. The molecule has 3 rings (SSSR count). The second kappa shape index (κ2) is 14.4. The zero-order valence-corrected chi connectivity index (χ0v) is 19.4. The van der Waals surface area contributed by atoms with Crippen LogP contribution in [-0.2, 0) is 22.6 Å². The largest absolute Gasteiger partial charge is 0.381 e. The molecule has 6 nitrogen and oxygen atoms in total. The highest BCUT2D eigenvalue weighted by atomic mass is 16.5. The van der Waals surface area contributed by atoms with Gasteiger partial charge >= 0.3 is 0 Å². The number of nitrogens with one attached hydrogen (secondary N) is 2. The van der Waals surface area contributed by atoms with Crippen LogP contribution in [0.25, 0.3) is 0 Å². The first-order valence-corrected chi connectivity index (χ1v) is 12.3. The average molecular weight is 431 g/mol. The van der Waals surface area contributed by atoms with Gasteiger partial charge in [0, 0.05) is 38.8 Å². The van der Waals surface area contributed by atoms with Crippen LogP contribution in [0, 0.1) is 5.92 Å². The third-order valence-electron chi connectivity index (χ3n) is 6.03. The maximum Gasteiger partial charge on any atom is 0.191 e. The second-order valence-corrected chi connectivity index (χ2v) is 8.79. The molecule has 2 aliphatic rings. The van der Waals surface area contributed by atoms with Crippen LogP contribution in [0.15, 0.2) is 29.3 Å². The topological polar surface area (TPSA) is 58.1 Å². The molecule has 0 aromatic heterocycles. The van der Waals surface area contributed by atoms with Gasteiger partial charge in [0.2, 0.25) is 0 Å². The molecule has 2 aliphatic heterocycles. The summed E-state index contributed by atoms with van der Waals surface area (Å²) >= 11 is 0. The molecule has 0 aliphatic carbocycles. The molecule has 0 radical (unpaired) electrons. The number of likely N-dealkylation sites (tertiary alicyclic amines) is 1. The van der Waals surface area contributed by atoms with E-state index in [-0.39, 0.29) is 0 Å². The third-order valence-corrected chi connectivity index (χ3v) is 6.03. The number of hydrogen-bond acceptors (Lipinski definition) is 4. The highest BCUT2D eigenvalue weighted by Crippen LogP contribution is 2.14. The number of ether oxygens (including phenoxy) is 2. The molecule has 0 saturated carbocycles. The van der Waals surface area contributed by atoms with Gasteiger partial charge in [-0.05, 0) is 56.8 Å². The Morgan fingerprint density at radius 3 is 2.58 bits per heavy atom. The molecule has 2 fully saturated rings. The van der Waals surface area contributed by atoms with Crippen molar-refractivity contribution in [2.75, 3.05) is 52.6 Å². The molecular formula is C25H42N4O2. The minimum absolute atomic E-state index is 0.586. The van der Waals surface area contributed by atoms with E-state index >= 15 is 0 Å². The fourth-order valence-electron chi connectivity index (χ4n) is 4.16. The van der Waals surface area contributed by atoms with Gasteiger partial charge in [0.25, 0.3) is 0 Å². The second-order valence-electron chi connectivity index (χ2n) is 8.79. The molecule has 0 spiro atoms. The zero-order chi connectivity index (χ0) is 21.6. The average Bonchev–Trinajstić information content (AvgIpc) is 3.18. The number of nitrogens with zero attached hydrogens (tertiary/aromatic N) is 2. The Balaban J connectivity index is 1.35. The molecular weight excluding hydrogens is 388 g/mol. The number of hydrogen-bond donors (Lipinski definition) is 2. The summed E-state index contributed by atoms with van der Waals surface area (Å²) in [6.07, 6.45) is 7.57. The summed E-state index contributed by atoms with van der Waals surface area (Å²) < 4.78 is 11.2. The third kappa shape index (κ3) is 9.58.